The third-order valence-electron chi connectivity index (χ3n) is 3.02. The van der Waals surface area contributed by atoms with Gasteiger partial charge in [-0.15, -0.1) is 10.2 Å². The molecule has 0 saturated heterocycles. The van der Waals surface area contributed by atoms with Crippen LogP contribution in [-0.4, -0.2) is 30.3 Å². The second kappa shape index (κ2) is 6.95. The minimum absolute atomic E-state index is 0.118. The van der Waals surface area contributed by atoms with E-state index in [1.165, 1.54) is 25.6 Å². The van der Waals surface area contributed by atoms with Crippen LogP contribution in [-0.2, 0) is 6.42 Å². The van der Waals surface area contributed by atoms with Crippen LogP contribution in [0.4, 0.5) is 5.13 Å². The second-order valence-electron chi connectivity index (χ2n) is 6.23. The number of methoxy groups -OCH3 is 2. The summed E-state index contributed by atoms with van der Waals surface area (Å²) in [5.41, 5.74) is 0.456. The quantitative estimate of drug-likeness (QED) is 0.906. The van der Waals surface area contributed by atoms with Crippen molar-refractivity contribution in [1.29, 1.82) is 0 Å². The summed E-state index contributed by atoms with van der Waals surface area (Å²) in [5, 5.41) is 12.3. The molecule has 124 valence electrons. The molecule has 0 spiro atoms. The standard InChI is InChI=1S/C16H21N3O3S/c1-16(2,3)9-12-18-19-15(23-12)17-14(20)13-10(21-4)7-6-8-11(13)22-5/h6-8H,9H2,1-5H3,(H,17,19,20). The summed E-state index contributed by atoms with van der Waals surface area (Å²) in [6.07, 6.45) is 0.804. The van der Waals surface area contributed by atoms with Gasteiger partial charge in [0.1, 0.15) is 22.1 Å². The molecule has 0 bridgehead atoms. The van der Waals surface area contributed by atoms with Crippen LogP contribution in [0.5, 0.6) is 11.5 Å². The van der Waals surface area contributed by atoms with Crippen LogP contribution >= 0.6 is 11.3 Å². The number of ether oxygens (including phenoxy) is 2. The van der Waals surface area contributed by atoms with Crippen molar-refractivity contribution in [2.45, 2.75) is 27.2 Å². The Balaban J connectivity index is 2.20. The van der Waals surface area contributed by atoms with Crippen LogP contribution in [0.15, 0.2) is 18.2 Å². The molecule has 0 aliphatic carbocycles. The van der Waals surface area contributed by atoms with Gasteiger partial charge in [0.15, 0.2) is 0 Å². The third-order valence-corrected chi connectivity index (χ3v) is 3.86. The van der Waals surface area contributed by atoms with Gasteiger partial charge in [-0.1, -0.05) is 38.2 Å². The van der Waals surface area contributed by atoms with Gasteiger partial charge in [0, 0.05) is 6.42 Å². The zero-order chi connectivity index (χ0) is 17.0. The number of hydrogen-bond donors (Lipinski definition) is 1. The summed E-state index contributed by atoms with van der Waals surface area (Å²) in [4.78, 5) is 12.5. The summed E-state index contributed by atoms with van der Waals surface area (Å²) in [7, 11) is 3.02. The molecule has 0 aliphatic heterocycles. The van der Waals surface area contributed by atoms with Crippen molar-refractivity contribution in [3.63, 3.8) is 0 Å². The van der Waals surface area contributed by atoms with Gasteiger partial charge in [-0.05, 0) is 17.5 Å². The Morgan fingerprint density at radius 1 is 1.17 bits per heavy atom. The average molecular weight is 335 g/mol. The summed E-state index contributed by atoms with van der Waals surface area (Å²) in [5.74, 6) is 0.556. The van der Waals surface area contributed by atoms with Crippen molar-refractivity contribution in [3.8, 4) is 11.5 Å². The van der Waals surface area contributed by atoms with Gasteiger partial charge in [-0.3, -0.25) is 10.1 Å². The molecule has 0 saturated carbocycles. The van der Waals surface area contributed by atoms with Crippen LogP contribution in [0.3, 0.4) is 0 Å². The maximum atomic E-state index is 12.5. The molecule has 7 heteroatoms. The highest BCUT2D eigenvalue weighted by Gasteiger charge is 2.20. The lowest BCUT2D eigenvalue weighted by molar-refractivity contribution is 0.102. The van der Waals surface area contributed by atoms with Gasteiger partial charge in [0.2, 0.25) is 5.13 Å². The fraction of sp³-hybridized carbons (Fsp3) is 0.438. The number of benzene rings is 1. The van der Waals surface area contributed by atoms with Crippen molar-refractivity contribution in [2.75, 3.05) is 19.5 Å². The number of carbonyl (C=O) groups excluding carboxylic acids is 1. The van der Waals surface area contributed by atoms with Crippen LogP contribution in [0.25, 0.3) is 0 Å². The zero-order valence-electron chi connectivity index (χ0n) is 14.0. The van der Waals surface area contributed by atoms with Crippen molar-refractivity contribution < 1.29 is 14.3 Å². The van der Waals surface area contributed by atoms with Crippen LogP contribution < -0.4 is 14.8 Å². The molecule has 1 N–H and O–H groups in total. The van der Waals surface area contributed by atoms with E-state index in [4.69, 9.17) is 9.47 Å². The first-order valence-corrected chi connectivity index (χ1v) is 8.00. The van der Waals surface area contributed by atoms with Crippen molar-refractivity contribution >= 4 is 22.4 Å². The number of aromatic nitrogens is 2. The number of amides is 1. The fourth-order valence-corrected chi connectivity index (χ4v) is 3.10. The molecule has 0 atom stereocenters. The summed E-state index contributed by atoms with van der Waals surface area (Å²) >= 11 is 1.37. The Hall–Kier alpha value is -2.15. The Morgan fingerprint density at radius 3 is 2.30 bits per heavy atom. The number of anilines is 1. The number of carbonyl (C=O) groups is 1. The highest BCUT2D eigenvalue weighted by atomic mass is 32.1. The molecule has 2 aromatic rings. The first kappa shape index (κ1) is 17.2. The van der Waals surface area contributed by atoms with E-state index in [-0.39, 0.29) is 11.3 Å². The normalized spacial score (nSPS) is 11.2. The molecule has 0 aliphatic rings. The van der Waals surface area contributed by atoms with Gasteiger partial charge < -0.3 is 9.47 Å². The maximum absolute atomic E-state index is 12.5. The molecular formula is C16H21N3O3S. The van der Waals surface area contributed by atoms with Crippen LogP contribution in [0.2, 0.25) is 0 Å². The Morgan fingerprint density at radius 2 is 1.78 bits per heavy atom. The van der Waals surface area contributed by atoms with E-state index >= 15 is 0 Å². The Kier molecular flexibility index (Phi) is 5.20. The Labute approximate surface area is 139 Å². The molecule has 1 amide bonds. The lowest BCUT2D eigenvalue weighted by Gasteiger charge is -2.14. The molecule has 6 nitrogen and oxygen atoms in total. The number of rotatable bonds is 5. The van der Waals surface area contributed by atoms with Crippen LogP contribution in [0.1, 0.15) is 36.1 Å². The highest BCUT2D eigenvalue weighted by Crippen LogP contribution is 2.30. The minimum Gasteiger partial charge on any atom is -0.496 e. The molecule has 0 fully saturated rings. The van der Waals surface area contributed by atoms with Gasteiger partial charge in [0.25, 0.3) is 5.91 Å². The molecule has 1 aromatic heterocycles. The average Bonchev–Trinajstić information content (AvgIpc) is 2.90. The molecular weight excluding hydrogens is 314 g/mol. The van der Waals surface area contributed by atoms with E-state index in [1.54, 1.807) is 18.2 Å². The van der Waals surface area contributed by atoms with Gasteiger partial charge >= 0.3 is 0 Å². The molecule has 1 heterocycles. The Bertz CT molecular complexity index is 670. The SMILES string of the molecule is COc1cccc(OC)c1C(=O)Nc1nnc(CC(C)(C)C)s1. The maximum Gasteiger partial charge on any atom is 0.265 e. The molecule has 0 radical (unpaired) electrons. The molecule has 0 unspecified atom stereocenters. The lowest BCUT2D eigenvalue weighted by atomic mass is 9.93. The largest absolute Gasteiger partial charge is 0.496 e. The minimum atomic E-state index is -0.335. The van der Waals surface area contributed by atoms with Gasteiger partial charge in [-0.25, -0.2) is 0 Å². The van der Waals surface area contributed by atoms with Crippen molar-refractivity contribution in [3.05, 3.63) is 28.8 Å². The van der Waals surface area contributed by atoms with E-state index in [2.05, 4.69) is 36.3 Å². The predicted octanol–water partition coefficient (Wildman–Crippen LogP) is 3.40. The monoisotopic (exact) mass is 335 g/mol. The summed E-state index contributed by atoms with van der Waals surface area (Å²) in [6.45, 7) is 6.39. The fourth-order valence-electron chi connectivity index (χ4n) is 2.06. The second-order valence-corrected chi connectivity index (χ2v) is 7.29. The number of hydrogen-bond acceptors (Lipinski definition) is 6. The summed E-state index contributed by atoms with van der Waals surface area (Å²) < 4.78 is 10.5. The topological polar surface area (TPSA) is 73.3 Å². The number of nitrogens with zero attached hydrogens (tertiary/aromatic N) is 2. The van der Waals surface area contributed by atoms with E-state index in [9.17, 15) is 4.79 Å². The van der Waals surface area contributed by atoms with Crippen molar-refractivity contribution in [2.24, 2.45) is 5.41 Å². The first-order chi connectivity index (χ1) is 10.8. The smallest absolute Gasteiger partial charge is 0.265 e. The molecule has 2 rings (SSSR count). The molecule has 1 aromatic carbocycles. The first-order valence-electron chi connectivity index (χ1n) is 7.19. The van der Waals surface area contributed by atoms with E-state index in [0.29, 0.717) is 22.2 Å². The van der Waals surface area contributed by atoms with Crippen molar-refractivity contribution in [1.82, 2.24) is 10.2 Å². The lowest BCUT2D eigenvalue weighted by Crippen LogP contribution is -2.14. The van der Waals surface area contributed by atoms with Crippen LogP contribution in [0, 0.1) is 5.41 Å². The van der Waals surface area contributed by atoms with E-state index in [1.807, 2.05) is 0 Å². The third kappa shape index (κ3) is 4.41. The highest BCUT2D eigenvalue weighted by molar-refractivity contribution is 7.15. The van der Waals surface area contributed by atoms with E-state index < -0.39 is 0 Å². The zero-order valence-corrected chi connectivity index (χ0v) is 14.8. The van der Waals surface area contributed by atoms with Gasteiger partial charge in [-0.2, -0.15) is 0 Å². The number of nitrogens with one attached hydrogen (secondary N) is 1. The predicted molar refractivity (Wildman–Crippen MR) is 90.6 cm³/mol. The molecule has 23 heavy (non-hydrogen) atoms. The van der Waals surface area contributed by atoms with Gasteiger partial charge in [0.05, 0.1) is 14.2 Å². The van der Waals surface area contributed by atoms with E-state index in [0.717, 1.165) is 11.4 Å². The summed E-state index contributed by atoms with van der Waals surface area (Å²) in [6, 6.07) is 5.19.